The highest BCUT2D eigenvalue weighted by atomic mass is 35.5. The Morgan fingerprint density at radius 1 is 1.30 bits per heavy atom. The molecule has 2 rings (SSSR count). The lowest BCUT2D eigenvalue weighted by molar-refractivity contribution is 0.163. The Morgan fingerprint density at radius 2 is 2.00 bits per heavy atom. The van der Waals surface area contributed by atoms with Crippen LogP contribution in [-0.4, -0.2) is 35.2 Å². The molecule has 1 aliphatic rings. The van der Waals surface area contributed by atoms with Crippen molar-refractivity contribution < 1.29 is 9.90 Å². The van der Waals surface area contributed by atoms with Crippen molar-refractivity contribution in [3.63, 3.8) is 0 Å². The van der Waals surface area contributed by atoms with Crippen molar-refractivity contribution in [1.29, 1.82) is 0 Å². The van der Waals surface area contributed by atoms with E-state index in [2.05, 4.69) is 5.32 Å². The van der Waals surface area contributed by atoms with Crippen molar-refractivity contribution >= 4 is 34.9 Å². The Kier molecular flexibility index (Phi) is 5.52. The SMILES string of the molecule is O=C(Nc1ccc(Cl)c(Cl)c1)N(CCO)C1CCCC1. The molecule has 20 heavy (non-hydrogen) atoms. The summed E-state index contributed by atoms with van der Waals surface area (Å²) >= 11 is 11.8. The lowest BCUT2D eigenvalue weighted by Crippen LogP contribution is -2.43. The van der Waals surface area contributed by atoms with Gasteiger partial charge >= 0.3 is 6.03 Å². The molecular formula is C14H18Cl2N2O2. The van der Waals surface area contributed by atoms with Crippen LogP contribution in [-0.2, 0) is 0 Å². The van der Waals surface area contributed by atoms with Crippen LogP contribution in [0.4, 0.5) is 10.5 Å². The van der Waals surface area contributed by atoms with Crippen molar-refractivity contribution in [1.82, 2.24) is 4.90 Å². The number of carbonyl (C=O) groups is 1. The first-order chi connectivity index (χ1) is 9.61. The number of carbonyl (C=O) groups excluding carboxylic acids is 1. The van der Waals surface area contributed by atoms with Gasteiger partial charge in [-0.2, -0.15) is 0 Å². The fraction of sp³-hybridized carbons (Fsp3) is 0.500. The molecule has 1 aliphatic carbocycles. The minimum absolute atomic E-state index is 0.0364. The first kappa shape index (κ1) is 15.4. The van der Waals surface area contributed by atoms with Crippen LogP contribution in [0.3, 0.4) is 0 Å². The van der Waals surface area contributed by atoms with Gasteiger partial charge < -0.3 is 15.3 Å². The highest BCUT2D eigenvalue weighted by Crippen LogP contribution is 2.27. The first-order valence-corrected chi connectivity index (χ1v) is 7.51. The monoisotopic (exact) mass is 316 g/mol. The molecule has 1 aromatic rings. The Morgan fingerprint density at radius 3 is 2.60 bits per heavy atom. The summed E-state index contributed by atoms with van der Waals surface area (Å²) in [6, 6.07) is 4.98. The summed E-state index contributed by atoms with van der Waals surface area (Å²) < 4.78 is 0. The summed E-state index contributed by atoms with van der Waals surface area (Å²) in [6.07, 6.45) is 4.25. The van der Waals surface area contributed by atoms with E-state index in [1.807, 2.05) is 0 Å². The standard InChI is InChI=1S/C14H18Cl2N2O2/c15-12-6-5-10(9-13(12)16)17-14(20)18(7-8-19)11-3-1-2-4-11/h5-6,9,11,19H,1-4,7-8H2,(H,17,20). The van der Waals surface area contributed by atoms with Crippen LogP contribution in [0.1, 0.15) is 25.7 Å². The van der Waals surface area contributed by atoms with Gasteiger partial charge in [0.15, 0.2) is 0 Å². The zero-order valence-electron chi connectivity index (χ0n) is 11.1. The molecule has 0 unspecified atom stereocenters. The molecule has 0 aromatic heterocycles. The number of aliphatic hydroxyl groups excluding tert-OH is 1. The van der Waals surface area contributed by atoms with Crippen LogP contribution in [0.2, 0.25) is 10.0 Å². The molecular weight excluding hydrogens is 299 g/mol. The van der Waals surface area contributed by atoms with E-state index in [1.165, 1.54) is 0 Å². The number of nitrogens with zero attached hydrogens (tertiary/aromatic N) is 1. The molecule has 1 aromatic carbocycles. The number of aliphatic hydroxyl groups is 1. The van der Waals surface area contributed by atoms with Crippen molar-refractivity contribution in [2.24, 2.45) is 0 Å². The predicted octanol–water partition coefficient (Wildman–Crippen LogP) is 3.76. The van der Waals surface area contributed by atoms with E-state index in [4.69, 9.17) is 28.3 Å². The second-order valence-corrected chi connectivity index (χ2v) is 5.73. The number of amides is 2. The third kappa shape index (κ3) is 3.78. The molecule has 0 atom stereocenters. The Hall–Kier alpha value is -0.970. The van der Waals surface area contributed by atoms with E-state index in [0.29, 0.717) is 22.3 Å². The largest absolute Gasteiger partial charge is 0.395 e. The Labute approximate surface area is 128 Å². The molecule has 0 heterocycles. The molecule has 0 radical (unpaired) electrons. The smallest absolute Gasteiger partial charge is 0.322 e. The number of hydrogen-bond donors (Lipinski definition) is 2. The summed E-state index contributed by atoms with van der Waals surface area (Å²) in [5.41, 5.74) is 0.602. The Balaban J connectivity index is 2.05. The number of rotatable bonds is 4. The number of benzene rings is 1. The third-order valence-electron chi connectivity index (χ3n) is 3.54. The van der Waals surface area contributed by atoms with Gasteiger partial charge in [-0.15, -0.1) is 0 Å². The van der Waals surface area contributed by atoms with Crippen molar-refractivity contribution in [3.8, 4) is 0 Å². The molecule has 0 saturated heterocycles. The number of urea groups is 1. The molecule has 110 valence electrons. The van der Waals surface area contributed by atoms with E-state index in [1.54, 1.807) is 23.1 Å². The van der Waals surface area contributed by atoms with Gasteiger partial charge in [0.1, 0.15) is 0 Å². The fourth-order valence-electron chi connectivity index (χ4n) is 2.54. The molecule has 0 spiro atoms. The number of anilines is 1. The molecule has 4 nitrogen and oxygen atoms in total. The minimum atomic E-state index is -0.204. The van der Waals surface area contributed by atoms with E-state index >= 15 is 0 Å². The second kappa shape index (κ2) is 7.16. The number of nitrogens with one attached hydrogen (secondary N) is 1. The summed E-state index contributed by atoms with van der Waals surface area (Å²) in [6.45, 7) is 0.309. The molecule has 2 N–H and O–H groups in total. The van der Waals surface area contributed by atoms with Gasteiger partial charge in [0, 0.05) is 18.3 Å². The van der Waals surface area contributed by atoms with Crippen molar-refractivity contribution in [3.05, 3.63) is 28.2 Å². The normalized spacial score (nSPS) is 15.3. The van der Waals surface area contributed by atoms with Gasteiger partial charge in [-0.25, -0.2) is 4.79 Å². The Bertz CT molecular complexity index is 476. The molecule has 1 fully saturated rings. The number of hydrogen-bond acceptors (Lipinski definition) is 2. The first-order valence-electron chi connectivity index (χ1n) is 6.75. The van der Waals surface area contributed by atoms with Crippen molar-refractivity contribution in [2.45, 2.75) is 31.7 Å². The van der Waals surface area contributed by atoms with Crippen molar-refractivity contribution in [2.75, 3.05) is 18.5 Å². The average molecular weight is 317 g/mol. The van der Waals surface area contributed by atoms with Crippen LogP contribution in [0.5, 0.6) is 0 Å². The average Bonchev–Trinajstić information content (AvgIpc) is 2.94. The topological polar surface area (TPSA) is 52.6 Å². The lowest BCUT2D eigenvalue weighted by Gasteiger charge is -2.28. The molecule has 1 saturated carbocycles. The molecule has 0 bridgehead atoms. The van der Waals surface area contributed by atoms with E-state index in [0.717, 1.165) is 25.7 Å². The summed E-state index contributed by atoms with van der Waals surface area (Å²) in [5, 5.41) is 12.8. The van der Waals surface area contributed by atoms with Gasteiger partial charge in [0.25, 0.3) is 0 Å². The van der Waals surface area contributed by atoms with Gasteiger partial charge in [-0.05, 0) is 31.0 Å². The van der Waals surface area contributed by atoms with Gasteiger partial charge in [-0.1, -0.05) is 36.0 Å². The van der Waals surface area contributed by atoms with Gasteiger partial charge in [0.05, 0.1) is 16.7 Å². The maximum Gasteiger partial charge on any atom is 0.322 e. The van der Waals surface area contributed by atoms with Gasteiger partial charge in [-0.3, -0.25) is 0 Å². The minimum Gasteiger partial charge on any atom is -0.395 e. The summed E-state index contributed by atoms with van der Waals surface area (Å²) in [5.74, 6) is 0. The lowest BCUT2D eigenvalue weighted by atomic mass is 10.2. The van der Waals surface area contributed by atoms with Crippen LogP contribution in [0.15, 0.2) is 18.2 Å². The fourth-order valence-corrected chi connectivity index (χ4v) is 2.84. The highest BCUT2D eigenvalue weighted by Gasteiger charge is 2.26. The highest BCUT2D eigenvalue weighted by molar-refractivity contribution is 6.42. The third-order valence-corrected chi connectivity index (χ3v) is 4.28. The zero-order chi connectivity index (χ0) is 14.5. The van der Waals surface area contributed by atoms with Crippen LogP contribution in [0, 0.1) is 0 Å². The summed E-state index contributed by atoms with van der Waals surface area (Å²) in [4.78, 5) is 14.0. The molecule has 6 heteroatoms. The summed E-state index contributed by atoms with van der Waals surface area (Å²) in [7, 11) is 0. The van der Waals surface area contributed by atoms with E-state index in [-0.39, 0.29) is 18.7 Å². The maximum atomic E-state index is 12.3. The second-order valence-electron chi connectivity index (χ2n) is 4.91. The number of halogens is 2. The molecule has 2 amide bonds. The quantitative estimate of drug-likeness (QED) is 0.888. The van der Waals surface area contributed by atoms with E-state index in [9.17, 15) is 4.79 Å². The van der Waals surface area contributed by atoms with Crippen LogP contribution >= 0.6 is 23.2 Å². The van der Waals surface area contributed by atoms with Gasteiger partial charge in [0.2, 0.25) is 0 Å². The van der Waals surface area contributed by atoms with E-state index < -0.39 is 0 Å². The maximum absolute atomic E-state index is 12.3. The van der Waals surface area contributed by atoms with Crippen LogP contribution < -0.4 is 5.32 Å². The molecule has 0 aliphatic heterocycles. The predicted molar refractivity (Wildman–Crippen MR) is 81.5 cm³/mol. The van der Waals surface area contributed by atoms with Crippen LogP contribution in [0.25, 0.3) is 0 Å². The zero-order valence-corrected chi connectivity index (χ0v) is 12.6.